The summed E-state index contributed by atoms with van der Waals surface area (Å²) in [5.41, 5.74) is -3.57. The second kappa shape index (κ2) is 10.5. The van der Waals surface area contributed by atoms with Crippen LogP contribution in [-0.2, 0) is 23.7 Å². The number of aliphatic hydroxyl groups is 2. The average molecular weight is 666 g/mol. The number of esters is 1. The van der Waals surface area contributed by atoms with Crippen LogP contribution in [0.4, 0.5) is 5.69 Å². The number of likely N-dealkylation sites (tertiary alicyclic amines) is 1. The van der Waals surface area contributed by atoms with Gasteiger partial charge in [-0.1, -0.05) is 19.1 Å². The molecule has 7 rings (SSSR count). The van der Waals surface area contributed by atoms with Crippen molar-refractivity contribution in [1.29, 1.82) is 0 Å². The predicted octanol–water partition coefficient (Wildman–Crippen LogP) is 2.80. The van der Waals surface area contributed by atoms with Crippen LogP contribution < -0.4 is 5.32 Å². The molecule has 10 nitrogen and oxygen atoms in total. The minimum atomic E-state index is -1.48. The minimum absolute atomic E-state index is 0. The number of benzene rings is 1. The first-order valence-electron chi connectivity index (χ1n) is 15.4. The normalized spacial score (nSPS) is 47.0. The molecule has 43 heavy (non-hydrogen) atoms. The molecule has 0 aromatic heterocycles. The van der Waals surface area contributed by atoms with Crippen molar-refractivity contribution >= 4 is 34.5 Å². The molecule has 6 aliphatic rings. The zero-order chi connectivity index (χ0) is 29.8. The Labute approximate surface area is 263 Å². The van der Waals surface area contributed by atoms with Gasteiger partial charge in [0.2, 0.25) is 5.91 Å². The number of nitrogens with zero attached hydrogens (tertiary/aromatic N) is 1. The fraction of sp³-hybridized carbons (Fsp3) is 0.750. The molecule has 0 radical (unpaired) electrons. The van der Waals surface area contributed by atoms with Gasteiger partial charge in [0.25, 0.3) is 0 Å². The van der Waals surface area contributed by atoms with Gasteiger partial charge in [0.15, 0.2) is 0 Å². The molecule has 7 bridgehead atoms. The second-order valence-electron chi connectivity index (χ2n) is 13.7. The number of carbonyl (C=O) groups excluding carboxylic acids is 2. The summed E-state index contributed by atoms with van der Waals surface area (Å²) in [5.74, 6) is -1.54. The molecular weight excluding hydrogens is 620 g/mol. The van der Waals surface area contributed by atoms with Crippen LogP contribution in [0.25, 0.3) is 0 Å². The van der Waals surface area contributed by atoms with Crippen LogP contribution in [0.3, 0.4) is 0 Å². The standard InChI is InChI=1S/C32H44N2O8.BrH/c1-6-34-16-29(42-28(36)18-9-7-8-10-21(18)33-17(2)35)12-11-25(40-4)31-23(29)14-20(26(31)34)30(37)15-22(39-3)19-13-24(31)32(30,38)27(19)41-5;/h7-10,19-20,22-27,37-38H,6,11-16H2,1-5H3,(H,33,35);1H/t19?,20?,22?,23?,24?,25?,26?,27?,29-,30+,31+,32+;/m1./s1. The van der Waals surface area contributed by atoms with Crippen molar-refractivity contribution in [3.63, 3.8) is 0 Å². The average Bonchev–Trinajstić information content (AvgIpc) is 3.39. The SMILES string of the molecule is Br.CCN1C[C@]2(OC(=O)c3ccccc3NC(C)=O)CCC(OC)[C@]34C1C(CC23)[C@@]1(O)CC(OC)C2CC4[C@]1(O)C2OC. The summed E-state index contributed by atoms with van der Waals surface area (Å²) in [5, 5.41) is 28.4. The largest absolute Gasteiger partial charge is 0.454 e. The number of piperidine rings is 1. The summed E-state index contributed by atoms with van der Waals surface area (Å²) in [7, 11) is 5.05. The number of methoxy groups -OCH3 is 3. The lowest BCUT2D eigenvalue weighted by molar-refractivity contribution is -0.337. The van der Waals surface area contributed by atoms with Gasteiger partial charge in [-0.25, -0.2) is 4.79 Å². The van der Waals surface area contributed by atoms with E-state index in [1.165, 1.54) is 6.92 Å². The van der Waals surface area contributed by atoms with E-state index in [2.05, 4.69) is 17.1 Å². The Morgan fingerprint density at radius 3 is 2.47 bits per heavy atom. The maximum absolute atomic E-state index is 14.0. The molecular formula is C32H45BrN2O8. The highest BCUT2D eigenvalue weighted by Gasteiger charge is 2.89. The third-order valence-corrected chi connectivity index (χ3v) is 12.6. The van der Waals surface area contributed by atoms with Crippen molar-refractivity contribution in [3.05, 3.63) is 29.8 Å². The predicted molar refractivity (Wildman–Crippen MR) is 162 cm³/mol. The zero-order valence-electron chi connectivity index (χ0n) is 25.6. The molecule has 1 amide bonds. The summed E-state index contributed by atoms with van der Waals surface area (Å²) in [6.07, 6.45) is 1.91. The van der Waals surface area contributed by atoms with Crippen molar-refractivity contribution in [3.8, 4) is 0 Å². The number of carbonyl (C=O) groups is 2. The van der Waals surface area contributed by atoms with E-state index in [1.54, 1.807) is 45.6 Å². The number of rotatable bonds is 7. The lowest BCUT2D eigenvalue weighted by Gasteiger charge is -2.70. The number of hydrogen-bond acceptors (Lipinski definition) is 9. The van der Waals surface area contributed by atoms with Crippen molar-refractivity contribution in [1.82, 2.24) is 4.90 Å². The fourth-order valence-electron chi connectivity index (χ4n) is 11.6. The van der Waals surface area contributed by atoms with Crippen molar-refractivity contribution < 1.29 is 38.7 Å². The Morgan fingerprint density at radius 2 is 1.81 bits per heavy atom. The molecule has 1 spiro atoms. The molecule has 8 unspecified atom stereocenters. The maximum Gasteiger partial charge on any atom is 0.340 e. The highest BCUT2D eigenvalue weighted by Crippen LogP contribution is 2.79. The Kier molecular flexibility index (Phi) is 7.64. The molecule has 11 heteroatoms. The van der Waals surface area contributed by atoms with E-state index in [0.717, 1.165) is 0 Å². The Bertz CT molecular complexity index is 1300. The number of nitrogens with one attached hydrogen (secondary N) is 1. The summed E-state index contributed by atoms with van der Waals surface area (Å²) in [6.45, 7) is 4.79. The van der Waals surface area contributed by atoms with Crippen LogP contribution in [0.5, 0.6) is 0 Å². The highest BCUT2D eigenvalue weighted by molar-refractivity contribution is 8.93. The molecule has 6 fully saturated rings. The number of amides is 1. The van der Waals surface area contributed by atoms with E-state index in [1.807, 2.05) is 0 Å². The number of anilines is 1. The first-order valence-corrected chi connectivity index (χ1v) is 15.4. The van der Waals surface area contributed by atoms with Gasteiger partial charge in [0.1, 0.15) is 16.8 Å². The number of para-hydroxylation sites is 1. The monoisotopic (exact) mass is 664 g/mol. The second-order valence-corrected chi connectivity index (χ2v) is 13.7. The van der Waals surface area contributed by atoms with Crippen LogP contribution in [0.15, 0.2) is 24.3 Å². The number of halogens is 1. The van der Waals surface area contributed by atoms with E-state index in [9.17, 15) is 19.8 Å². The third-order valence-electron chi connectivity index (χ3n) is 12.6. The van der Waals surface area contributed by atoms with Crippen molar-refractivity contribution in [2.45, 2.75) is 87.1 Å². The van der Waals surface area contributed by atoms with Gasteiger partial charge < -0.3 is 34.5 Å². The van der Waals surface area contributed by atoms with Gasteiger partial charge in [-0.2, -0.15) is 0 Å². The topological polar surface area (TPSA) is 127 Å². The van der Waals surface area contributed by atoms with Crippen molar-refractivity contribution in [2.75, 3.05) is 39.7 Å². The molecule has 1 heterocycles. The first kappa shape index (κ1) is 31.4. The smallest absolute Gasteiger partial charge is 0.340 e. The first-order chi connectivity index (χ1) is 20.1. The van der Waals surface area contributed by atoms with Crippen LogP contribution in [-0.4, -0.2) is 103 Å². The molecule has 1 aromatic carbocycles. The van der Waals surface area contributed by atoms with E-state index < -0.39 is 34.3 Å². The van der Waals surface area contributed by atoms with Crippen LogP contribution in [0.2, 0.25) is 0 Å². The number of likely N-dealkylation sites (N-methyl/N-ethyl adjacent to an activating group) is 1. The number of hydrogen-bond donors (Lipinski definition) is 3. The molecule has 3 N–H and O–H groups in total. The van der Waals surface area contributed by atoms with Gasteiger partial charge in [0.05, 0.1) is 29.6 Å². The summed E-state index contributed by atoms with van der Waals surface area (Å²) in [6, 6.07) is 6.89. The van der Waals surface area contributed by atoms with E-state index in [4.69, 9.17) is 18.9 Å². The van der Waals surface area contributed by atoms with Crippen LogP contribution in [0, 0.1) is 29.1 Å². The Balaban J connectivity index is 0.00000329. The summed E-state index contributed by atoms with van der Waals surface area (Å²) >= 11 is 0. The van der Waals surface area contributed by atoms with E-state index in [-0.39, 0.29) is 64.8 Å². The molecule has 1 aromatic rings. The Hall–Kier alpha value is -1.60. The quantitative estimate of drug-likeness (QED) is 0.377. The fourth-order valence-corrected chi connectivity index (χ4v) is 11.6. The molecule has 12 atom stereocenters. The van der Waals surface area contributed by atoms with Crippen LogP contribution >= 0.6 is 17.0 Å². The van der Waals surface area contributed by atoms with Crippen molar-refractivity contribution in [2.24, 2.45) is 29.1 Å². The molecule has 5 saturated carbocycles. The third kappa shape index (κ3) is 3.67. The maximum atomic E-state index is 14.0. The van der Waals surface area contributed by atoms with Crippen LogP contribution in [0.1, 0.15) is 56.3 Å². The lowest BCUT2D eigenvalue weighted by atomic mass is 9.44. The number of ether oxygens (including phenoxy) is 4. The molecule has 1 saturated heterocycles. The van der Waals surface area contributed by atoms with Gasteiger partial charge >= 0.3 is 5.97 Å². The molecule has 5 aliphatic carbocycles. The summed E-state index contributed by atoms with van der Waals surface area (Å²) < 4.78 is 25.1. The van der Waals surface area contributed by atoms with Gasteiger partial charge in [-0.05, 0) is 44.4 Å². The lowest BCUT2D eigenvalue weighted by Crippen LogP contribution is -2.83. The minimum Gasteiger partial charge on any atom is -0.454 e. The Morgan fingerprint density at radius 1 is 1.07 bits per heavy atom. The molecule has 1 aliphatic heterocycles. The van der Waals surface area contributed by atoms with E-state index in [0.29, 0.717) is 56.4 Å². The highest BCUT2D eigenvalue weighted by atomic mass is 79.9. The van der Waals surface area contributed by atoms with Gasteiger partial charge in [-0.15, -0.1) is 17.0 Å². The number of fused-ring (bicyclic) bond motifs is 2. The van der Waals surface area contributed by atoms with Gasteiger partial charge in [0, 0.05) is 76.3 Å². The van der Waals surface area contributed by atoms with E-state index >= 15 is 0 Å². The zero-order valence-corrected chi connectivity index (χ0v) is 27.3. The molecule has 238 valence electrons. The van der Waals surface area contributed by atoms with Gasteiger partial charge in [-0.3, -0.25) is 9.69 Å². The summed E-state index contributed by atoms with van der Waals surface area (Å²) in [4.78, 5) is 28.3.